The third-order valence-corrected chi connectivity index (χ3v) is 3.55. The molecule has 128 valence electrons. The lowest BCUT2D eigenvalue weighted by Gasteiger charge is -2.24. The molecular weight excluding hydrogens is 298 g/mol. The molecule has 0 heterocycles. The first-order valence-electron chi connectivity index (χ1n) is 7.85. The molecule has 1 aliphatic carbocycles. The highest BCUT2D eigenvalue weighted by Crippen LogP contribution is 2.30. The standard InChI is InChI=1S/C15H23NO.C2H2O4/c1-2-10-16(11-13-8-9-13)12-15(17)14-6-4-3-5-7-14;3-1(4)2(5)6/h3-7,13,15,17H,2,8-12H2,1H3;(H,3,4)(H,5,6). The van der Waals surface area contributed by atoms with E-state index < -0.39 is 11.9 Å². The van der Waals surface area contributed by atoms with Gasteiger partial charge < -0.3 is 20.2 Å². The number of carboxylic acid groups (broad SMARTS) is 2. The molecule has 0 bridgehead atoms. The SMILES string of the molecule is CCCN(CC1CC1)CC(O)c1ccccc1.O=C(O)C(=O)O. The van der Waals surface area contributed by atoms with Crippen LogP contribution in [0, 0.1) is 5.92 Å². The molecule has 1 atom stereocenters. The summed E-state index contributed by atoms with van der Waals surface area (Å²) in [5.74, 6) is -2.76. The van der Waals surface area contributed by atoms with E-state index in [0.29, 0.717) is 0 Å². The summed E-state index contributed by atoms with van der Waals surface area (Å²) in [4.78, 5) is 20.6. The number of carbonyl (C=O) groups is 2. The maximum atomic E-state index is 10.2. The van der Waals surface area contributed by atoms with Gasteiger partial charge in [0.2, 0.25) is 0 Å². The van der Waals surface area contributed by atoms with Crippen LogP contribution in [-0.4, -0.2) is 51.8 Å². The van der Waals surface area contributed by atoms with E-state index in [9.17, 15) is 5.11 Å². The topological polar surface area (TPSA) is 98.1 Å². The first-order valence-corrected chi connectivity index (χ1v) is 7.85. The molecule has 6 nitrogen and oxygen atoms in total. The summed E-state index contributed by atoms with van der Waals surface area (Å²) in [6, 6.07) is 9.98. The Kier molecular flexibility index (Phi) is 8.29. The van der Waals surface area contributed by atoms with E-state index >= 15 is 0 Å². The zero-order valence-electron chi connectivity index (χ0n) is 13.4. The lowest BCUT2D eigenvalue weighted by Crippen LogP contribution is -2.31. The van der Waals surface area contributed by atoms with Crippen LogP contribution in [0.1, 0.15) is 37.9 Å². The minimum absolute atomic E-state index is 0.346. The van der Waals surface area contributed by atoms with E-state index in [1.165, 1.54) is 12.8 Å². The molecule has 23 heavy (non-hydrogen) atoms. The first-order chi connectivity index (χ1) is 10.9. The number of benzene rings is 1. The summed E-state index contributed by atoms with van der Waals surface area (Å²) in [5.41, 5.74) is 1.03. The Bertz CT molecular complexity index is 475. The highest BCUT2D eigenvalue weighted by molar-refractivity contribution is 6.27. The Morgan fingerprint density at radius 3 is 2.17 bits per heavy atom. The third kappa shape index (κ3) is 8.32. The molecule has 1 aromatic rings. The van der Waals surface area contributed by atoms with Crippen LogP contribution >= 0.6 is 0 Å². The van der Waals surface area contributed by atoms with Gasteiger partial charge in [0.1, 0.15) is 0 Å². The van der Waals surface area contributed by atoms with Gasteiger partial charge in [-0.05, 0) is 37.3 Å². The van der Waals surface area contributed by atoms with Gasteiger partial charge in [-0.2, -0.15) is 0 Å². The quantitative estimate of drug-likeness (QED) is 0.664. The minimum Gasteiger partial charge on any atom is -0.473 e. The zero-order valence-corrected chi connectivity index (χ0v) is 13.4. The number of aliphatic hydroxyl groups excluding tert-OH is 1. The number of rotatable bonds is 7. The number of carboxylic acids is 2. The average molecular weight is 323 g/mol. The van der Waals surface area contributed by atoms with Crippen molar-refractivity contribution in [1.82, 2.24) is 4.90 Å². The van der Waals surface area contributed by atoms with E-state index in [2.05, 4.69) is 11.8 Å². The van der Waals surface area contributed by atoms with Gasteiger partial charge in [0.05, 0.1) is 6.10 Å². The van der Waals surface area contributed by atoms with Gasteiger partial charge in [0.15, 0.2) is 0 Å². The monoisotopic (exact) mass is 323 g/mol. The molecule has 0 saturated heterocycles. The van der Waals surface area contributed by atoms with Crippen molar-refractivity contribution in [2.75, 3.05) is 19.6 Å². The van der Waals surface area contributed by atoms with E-state index in [1.807, 2.05) is 30.3 Å². The fourth-order valence-electron chi connectivity index (χ4n) is 2.26. The molecule has 0 amide bonds. The lowest BCUT2D eigenvalue weighted by atomic mass is 10.1. The van der Waals surface area contributed by atoms with Crippen molar-refractivity contribution in [3.05, 3.63) is 35.9 Å². The number of aliphatic carboxylic acids is 2. The smallest absolute Gasteiger partial charge is 0.414 e. The maximum absolute atomic E-state index is 10.2. The van der Waals surface area contributed by atoms with Crippen LogP contribution in [0.5, 0.6) is 0 Å². The Morgan fingerprint density at radius 2 is 1.74 bits per heavy atom. The molecule has 1 saturated carbocycles. The van der Waals surface area contributed by atoms with E-state index in [1.54, 1.807) is 0 Å². The molecule has 0 radical (unpaired) electrons. The summed E-state index contributed by atoms with van der Waals surface area (Å²) in [6.07, 6.45) is 3.57. The second-order valence-corrected chi connectivity index (χ2v) is 5.74. The molecule has 3 N–H and O–H groups in total. The van der Waals surface area contributed by atoms with Crippen molar-refractivity contribution in [1.29, 1.82) is 0 Å². The van der Waals surface area contributed by atoms with Gasteiger partial charge in [-0.15, -0.1) is 0 Å². The van der Waals surface area contributed by atoms with Crippen molar-refractivity contribution in [2.24, 2.45) is 5.92 Å². The molecule has 1 unspecified atom stereocenters. The van der Waals surface area contributed by atoms with E-state index in [4.69, 9.17) is 19.8 Å². The Morgan fingerprint density at radius 1 is 1.17 bits per heavy atom. The molecule has 0 aromatic heterocycles. The van der Waals surface area contributed by atoms with Crippen LogP contribution in [-0.2, 0) is 9.59 Å². The molecule has 1 fully saturated rings. The minimum atomic E-state index is -1.82. The van der Waals surface area contributed by atoms with Crippen molar-refractivity contribution in [3.63, 3.8) is 0 Å². The summed E-state index contributed by atoms with van der Waals surface area (Å²) in [6.45, 7) is 5.24. The van der Waals surface area contributed by atoms with E-state index in [0.717, 1.165) is 37.5 Å². The number of nitrogens with zero attached hydrogens (tertiary/aromatic N) is 1. The van der Waals surface area contributed by atoms with Gasteiger partial charge in [0, 0.05) is 13.1 Å². The second-order valence-electron chi connectivity index (χ2n) is 5.74. The Labute approximate surface area is 136 Å². The average Bonchev–Trinajstić information content (AvgIpc) is 3.33. The van der Waals surface area contributed by atoms with Crippen LogP contribution in [0.15, 0.2) is 30.3 Å². The van der Waals surface area contributed by atoms with Crippen molar-refractivity contribution in [2.45, 2.75) is 32.3 Å². The maximum Gasteiger partial charge on any atom is 0.414 e. The molecule has 1 aromatic carbocycles. The highest BCUT2D eigenvalue weighted by Gasteiger charge is 2.25. The predicted octanol–water partition coefficient (Wildman–Crippen LogP) is 2.00. The van der Waals surface area contributed by atoms with Gasteiger partial charge in [0.25, 0.3) is 0 Å². The van der Waals surface area contributed by atoms with Crippen molar-refractivity contribution in [3.8, 4) is 0 Å². The first kappa shape index (κ1) is 19.1. The summed E-state index contributed by atoms with van der Waals surface area (Å²) < 4.78 is 0. The van der Waals surface area contributed by atoms with Crippen molar-refractivity contribution >= 4 is 11.9 Å². The molecule has 0 aliphatic heterocycles. The predicted molar refractivity (Wildman–Crippen MR) is 86.1 cm³/mol. The largest absolute Gasteiger partial charge is 0.473 e. The summed E-state index contributed by atoms with van der Waals surface area (Å²) in [7, 11) is 0. The van der Waals surface area contributed by atoms with Crippen molar-refractivity contribution < 1.29 is 24.9 Å². The fraction of sp³-hybridized carbons (Fsp3) is 0.529. The highest BCUT2D eigenvalue weighted by atomic mass is 16.4. The van der Waals surface area contributed by atoms with Crippen LogP contribution in [0.3, 0.4) is 0 Å². The normalized spacial score (nSPS) is 14.7. The number of hydrogen-bond acceptors (Lipinski definition) is 4. The summed E-state index contributed by atoms with van der Waals surface area (Å²) >= 11 is 0. The van der Waals surface area contributed by atoms with Crippen LogP contribution in [0.4, 0.5) is 0 Å². The van der Waals surface area contributed by atoms with Crippen LogP contribution < -0.4 is 0 Å². The van der Waals surface area contributed by atoms with Gasteiger partial charge >= 0.3 is 11.9 Å². The molecular formula is C17H25NO5. The molecule has 1 aliphatic rings. The second kappa shape index (κ2) is 9.97. The van der Waals surface area contributed by atoms with Crippen LogP contribution in [0.25, 0.3) is 0 Å². The lowest BCUT2D eigenvalue weighted by molar-refractivity contribution is -0.159. The van der Waals surface area contributed by atoms with Gasteiger partial charge in [-0.1, -0.05) is 37.3 Å². The van der Waals surface area contributed by atoms with Gasteiger partial charge in [-0.3, -0.25) is 0 Å². The van der Waals surface area contributed by atoms with Gasteiger partial charge in [-0.25, -0.2) is 9.59 Å². The Balaban J connectivity index is 0.000000379. The molecule has 2 rings (SSSR count). The fourth-order valence-corrected chi connectivity index (χ4v) is 2.26. The molecule has 6 heteroatoms. The summed E-state index contributed by atoms with van der Waals surface area (Å²) in [5, 5.41) is 25.0. The third-order valence-electron chi connectivity index (χ3n) is 3.55. The van der Waals surface area contributed by atoms with Crippen LogP contribution in [0.2, 0.25) is 0 Å². The number of aliphatic hydroxyl groups is 1. The Hall–Kier alpha value is -1.92. The number of hydrogen-bond donors (Lipinski definition) is 3. The van der Waals surface area contributed by atoms with E-state index in [-0.39, 0.29) is 6.10 Å². The zero-order chi connectivity index (χ0) is 17.2. The molecule has 0 spiro atoms.